The van der Waals surface area contributed by atoms with Crippen molar-refractivity contribution in [3.05, 3.63) is 158 Å². The molecular weight excluding hydrogens is 573 g/mol. The molecular formula is C40H26N2S2. The third kappa shape index (κ3) is 4.47. The summed E-state index contributed by atoms with van der Waals surface area (Å²) in [5.74, 6) is 0. The first-order chi connectivity index (χ1) is 29.7. The molecule has 4 heteroatoms. The number of thiophene rings is 2. The van der Waals surface area contributed by atoms with Gasteiger partial charge >= 0.3 is 0 Å². The number of nitrogens with zero attached hydrogens (tertiary/aromatic N) is 2. The van der Waals surface area contributed by atoms with Crippen LogP contribution in [0.5, 0.6) is 0 Å². The largest absolute Gasteiger partial charge is 0.235 e. The maximum atomic E-state index is 9.45. The van der Waals surface area contributed by atoms with Crippen LogP contribution in [0, 0.1) is 0 Å². The Bertz CT molecular complexity index is 3450. The van der Waals surface area contributed by atoms with Crippen molar-refractivity contribution in [2.45, 2.75) is 0 Å². The Labute approximate surface area is 290 Å². The molecule has 8 rings (SSSR count). The monoisotopic (exact) mass is 617 g/mol. The minimum absolute atomic E-state index is 0.00825. The van der Waals surface area contributed by atoms with Crippen molar-refractivity contribution in [1.82, 2.24) is 9.97 Å². The third-order valence-corrected chi connectivity index (χ3v) is 9.08. The number of hydrogen-bond acceptors (Lipinski definition) is 4. The molecule has 8 aromatic rings. The molecule has 0 aliphatic rings. The first-order valence-corrected chi connectivity index (χ1v) is 14.5. The highest BCUT2D eigenvalue weighted by atomic mass is 32.1. The predicted octanol–water partition coefficient (Wildman–Crippen LogP) is 11.8. The van der Waals surface area contributed by atoms with Crippen LogP contribution in [0.1, 0.15) is 37.2 Å². The molecule has 5 aromatic carbocycles. The van der Waals surface area contributed by atoms with Crippen LogP contribution in [-0.2, 0) is 0 Å². The maximum absolute atomic E-state index is 9.45. The van der Waals surface area contributed by atoms with Crippen LogP contribution >= 0.6 is 22.7 Å². The van der Waals surface area contributed by atoms with Gasteiger partial charge in [0, 0.05) is 35.8 Å². The Morgan fingerprint density at radius 3 is 2.43 bits per heavy atom. The minimum Gasteiger partial charge on any atom is -0.235 e. The van der Waals surface area contributed by atoms with E-state index in [0.717, 1.165) is 11.3 Å². The molecule has 208 valence electrons. The van der Waals surface area contributed by atoms with Crippen molar-refractivity contribution in [3.8, 4) is 22.4 Å². The van der Waals surface area contributed by atoms with Crippen molar-refractivity contribution < 1.29 is 26.0 Å². The maximum Gasteiger partial charge on any atom is 0.116 e. The normalized spacial score (nSPS) is 18.7. The number of allylic oxidation sites excluding steroid dienone is 4. The topological polar surface area (TPSA) is 25.8 Å². The van der Waals surface area contributed by atoms with E-state index >= 15 is 0 Å². The summed E-state index contributed by atoms with van der Waals surface area (Å²) >= 11 is 1.93. The number of rotatable bonds is 6. The summed E-state index contributed by atoms with van der Waals surface area (Å²) in [6.45, 7) is 4.39. The molecule has 3 aromatic heterocycles. The molecule has 2 nitrogen and oxygen atoms in total. The molecule has 0 amide bonds. The van der Waals surface area contributed by atoms with Gasteiger partial charge in [-0.3, -0.25) is 0 Å². The summed E-state index contributed by atoms with van der Waals surface area (Å²) in [5.41, 5.74) is -1.46. The molecule has 0 bridgehead atoms. The van der Waals surface area contributed by atoms with E-state index in [1.165, 1.54) is 17.7 Å². The van der Waals surface area contributed by atoms with Gasteiger partial charge in [-0.1, -0.05) is 110 Å². The zero-order valence-electron chi connectivity index (χ0n) is 41.3. The molecule has 0 spiro atoms. The zero-order chi connectivity index (χ0) is 46.0. The second-order valence-electron chi connectivity index (χ2n) is 9.31. The summed E-state index contributed by atoms with van der Waals surface area (Å²) in [4.78, 5) is 8.72. The Hall–Kier alpha value is -5.16. The number of benzene rings is 5. The second kappa shape index (κ2) is 10.8. The van der Waals surface area contributed by atoms with Crippen LogP contribution in [0.25, 0.3) is 74.0 Å². The van der Waals surface area contributed by atoms with E-state index in [1.54, 1.807) is 18.2 Å². The summed E-state index contributed by atoms with van der Waals surface area (Å²) in [6.07, 6.45) is 1.18. The zero-order valence-corrected chi connectivity index (χ0v) is 23.9. The van der Waals surface area contributed by atoms with E-state index in [0.29, 0.717) is 26.9 Å². The van der Waals surface area contributed by atoms with Gasteiger partial charge in [0.05, 0.1) is 42.0 Å². The fraction of sp³-hybridized carbons (Fsp3) is 0. The molecule has 0 aliphatic carbocycles. The molecule has 0 radical (unpaired) electrons. The van der Waals surface area contributed by atoms with Gasteiger partial charge in [-0.25, -0.2) is 9.97 Å². The molecule has 0 aliphatic heterocycles. The predicted molar refractivity (Wildman–Crippen MR) is 192 cm³/mol. The summed E-state index contributed by atoms with van der Waals surface area (Å²) in [5, 5.41) is 0.229. The Balaban J connectivity index is 1.36. The average molecular weight is 618 g/mol. The highest BCUT2D eigenvalue weighted by Crippen LogP contribution is 2.41. The Morgan fingerprint density at radius 2 is 1.55 bits per heavy atom. The number of fused-ring (bicyclic) bond motifs is 6. The van der Waals surface area contributed by atoms with Crippen molar-refractivity contribution in [1.29, 1.82) is 0 Å². The smallest absolute Gasteiger partial charge is 0.116 e. The van der Waals surface area contributed by atoms with Gasteiger partial charge in [-0.15, -0.1) is 22.7 Å². The van der Waals surface area contributed by atoms with Gasteiger partial charge in [0.2, 0.25) is 0 Å². The first kappa shape index (κ1) is 13.2. The molecule has 0 atom stereocenters. The second-order valence-corrected chi connectivity index (χ2v) is 11.4. The van der Waals surface area contributed by atoms with Gasteiger partial charge < -0.3 is 0 Å². The standard InChI is InChI=1S/C40H26N2S2/c1-3-26(29-19-20-36-34(23-29)38-40(44-36)37(41-24-42-38)27-11-5-4-6-12-27)21-25(2)28-13-9-14-30(22-28)31-16-10-17-33-32-15-7-8-18-35(32)43-39(31)33/h3-24H,1-2H2/b26-21+/i2D,3D,4D,5D,6D,7D,8D,9D,10D,11D,12D,13D,14D,15D,16D,17D,18D,21D,22D/b25-2?,26-21+. The quantitative estimate of drug-likeness (QED) is 0.173. The average Bonchev–Trinajstić information content (AvgIpc) is 3.84. The summed E-state index contributed by atoms with van der Waals surface area (Å²) in [7, 11) is 0. The van der Waals surface area contributed by atoms with Crippen LogP contribution < -0.4 is 0 Å². The molecule has 3 heterocycles. The van der Waals surface area contributed by atoms with Gasteiger partial charge in [-0.05, 0) is 63.7 Å². The fourth-order valence-electron chi connectivity index (χ4n) is 4.80. The van der Waals surface area contributed by atoms with Crippen LogP contribution in [0.2, 0.25) is 0 Å². The number of hydrogen-bond donors (Lipinski definition) is 0. The minimum atomic E-state index is -0.783. The lowest BCUT2D eigenvalue weighted by atomic mass is 9.96. The Kier molecular flexibility index (Phi) is 3.26. The van der Waals surface area contributed by atoms with Gasteiger partial charge in [0.15, 0.2) is 0 Å². The van der Waals surface area contributed by atoms with E-state index in [4.69, 9.17) is 23.3 Å². The Morgan fingerprint density at radius 1 is 0.750 bits per heavy atom. The SMILES string of the molecule is [2H]C=C(/C([2H])=C(\C([2H])=C)c1ccc2sc3c(-c4c([2H])c([2H])c([2H])c([2H])c4[2H])ncnc3c2c1)c1c([2H])c([2H])c([2H])c(-c2c([2H])c([2H])c([2H])c3c2sc2c([2H])c([2H])c([2H])c([2H])c23)c1[2H]. The van der Waals surface area contributed by atoms with E-state index in [1.807, 2.05) is 0 Å². The van der Waals surface area contributed by atoms with E-state index in [-0.39, 0.29) is 48.1 Å². The molecule has 0 saturated carbocycles. The van der Waals surface area contributed by atoms with Crippen molar-refractivity contribution in [3.63, 3.8) is 0 Å². The number of aromatic nitrogens is 2. The molecule has 0 saturated heterocycles. The summed E-state index contributed by atoms with van der Waals surface area (Å²) < 4.78 is 165. The van der Waals surface area contributed by atoms with Gasteiger partial charge in [-0.2, -0.15) is 0 Å². The van der Waals surface area contributed by atoms with Crippen LogP contribution in [0.15, 0.2) is 146 Å². The van der Waals surface area contributed by atoms with Crippen molar-refractivity contribution >= 4 is 74.3 Å². The van der Waals surface area contributed by atoms with E-state index in [9.17, 15) is 2.74 Å². The lowest BCUT2D eigenvalue weighted by Crippen LogP contribution is -1.87. The molecule has 0 unspecified atom stereocenters. The third-order valence-electron chi connectivity index (χ3n) is 6.79. The lowest BCUT2D eigenvalue weighted by molar-refractivity contribution is 1.24. The highest BCUT2D eigenvalue weighted by Gasteiger charge is 2.15. The van der Waals surface area contributed by atoms with Crippen molar-refractivity contribution in [2.75, 3.05) is 0 Å². The summed E-state index contributed by atoms with van der Waals surface area (Å²) in [6, 6.07) is -5.81. The molecule has 0 N–H and O–H groups in total. The first-order valence-electron chi connectivity index (χ1n) is 22.5. The van der Waals surface area contributed by atoms with Crippen LogP contribution in [0.4, 0.5) is 0 Å². The van der Waals surface area contributed by atoms with Gasteiger partial charge in [0.25, 0.3) is 0 Å². The van der Waals surface area contributed by atoms with Crippen LogP contribution in [0.3, 0.4) is 0 Å². The van der Waals surface area contributed by atoms with Crippen molar-refractivity contribution in [2.24, 2.45) is 0 Å². The molecule has 44 heavy (non-hydrogen) atoms. The van der Waals surface area contributed by atoms with E-state index in [2.05, 4.69) is 16.5 Å². The fourth-order valence-corrected chi connectivity index (χ4v) is 7.01. The van der Waals surface area contributed by atoms with Gasteiger partial charge in [0.1, 0.15) is 6.33 Å². The molecule has 0 fully saturated rings. The highest BCUT2D eigenvalue weighted by molar-refractivity contribution is 7.26. The lowest BCUT2D eigenvalue weighted by Gasteiger charge is -2.09. The van der Waals surface area contributed by atoms with Crippen LogP contribution in [-0.4, -0.2) is 9.97 Å². The van der Waals surface area contributed by atoms with E-state index < -0.39 is 125 Å².